The van der Waals surface area contributed by atoms with Crippen LogP contribution in [0.4, 0.5) is 20.3 Å². The van der Waals surface area contributed by atoms with E-state index in [-0.39, 0.29) is 0 Å². The molecule has 0 aliphatic heterocycles. The van der Waals surface area contributed by atoms with Gasteiger partial charge >= 0.3 is 0 Å². The molecule has 2 aromatic heterocycles. The number of carbonyl (C=O) groups is 1. The fourth-order valence-corrected chi connectivity index (χ4v) is 2.57. The third kappa shape index (κ3) is 3.65. The molecule has 136 valence electrons. The van der Waals surface area contributed by atoms with Gasteiger partial charge < -0.3 is 20.4 Å². The number of amides is 1. The van der Waals surface area contributed by atoms with E-state index < -0.39 is 17.5 Å². The van der Waals surface area contributed by atoms with Gasteiger partial charge in [-0.1, -0.05) is 0 Å². The maximum Gasteiger partial charge on any atom is 0.257 e. The monoisotopic (exact) mass is 360 g/mol. The minimum absolute atomic E-state index is 0.358. The van der Waals surface area contributed by atoms with Crippen LogP contribution in [-0.4, -0.2) is 36.1 Å². The fraction of sp³-hybridized carbons (Fsp3) is 0.222. The summed E-state index contributed by atoms with van der Waals surface area (Å²) in [7, 11) is 1.61. The molecule has 6 nitrogen and oxygen atoms in total. The lowest BCUT2D eigenvalue weighted by Gasteiger charge is -2.10. The number of aromatic amines is 1. The first kappa shape index (κ1) is 17.8. The second-order valence-electron chi connectivity index (χ2n) is 5.78. The third-order valence-electron chi connectivity index (χ3n) is 3.91. The normalized spacial score (nSPS) is 10.9. The van der Waals surface area contributed by atoms with E-state index in [4.69, 9.17) is 4.74 Å². The molecule has 0 aliphatic rings. The molecule has 0 unspecified atom stereocenters. The Morgan fingerprint density at radius 3 is 2.77 bits per heavy atom. The van der Waals surface area contributed by atoms with Gasteiger partial charge in [0.25, 0.3) is 5.91 Å². The second-order valence-corrected chi connectivity index (χ2v) is 5.78. The summed E-state index contributed by atoms with van der Waals surface area (Å²) < 4.78 is 31.7. The topological polar surface area (TPSA) is 79.0 Å². The number of benzene rings is 1. The number of rotatable bonds is 6. The summed E-state index contributed by atoms with van der Waals surface area (Å²) in [5.74, 6) is -1.65. The summed E-state index contributed by atoms with van der Waals surface area (Å²) in [6.07, 6.45) is 2.94. The average Bonchev–Trinajstić information content (AvgIpc) is 2.98. The summed E-state index contributed by atoms with van der Waals surface area (Å²) in [6, 6.07) is 3.79. The predicted molar refractivity (Wildman–Crippen MR) is 95.5 cm³/mol. The minimum Gasteiger partial charge on any atom is -0.383 e. The molecule has 0 spiro atoms. The molecule has 0 atom stereocenters. The Labute approximate surface area is 148 Å². The third-order valence-corrected chi connectivity index (χ3v) is 3.91. The molecule has 3 N–H and O–H groups in total. The van der Waals surface area contributed by atoms with Crippen molar-refractivity contribution in [3.8, 4) is 0 Å². The number of ether oxygens (including phenoxy) is 1. The Hall–Kier alpha value is -3.00. The van der Waals surface area contributed by atoms with E-state index >= 15 is 0 Å². The van der Waals surface area contributed by atoms with E-state index in [1.165, 1.54) is 12.4 Å². The van der Waals surface area contributed by atoms with E-state index in [1.54, 1.807) is 13.2 Å². The van der Waals surface area contributed by atoms with Crippen molar-refractivity contribution < 1.29 is 18.3 Å². The standard InChI is InChI=1S/C18H18F2N4O2/c1-10-5-11(8-23-17(10)21-3-4-26-2)18(25)24-16-9-22-15-7-14(20)13(19)6-12(15)16/h5-9,22H,3-4H2,1-2H3,(H,21,23)(H,24,25). The zero-order valence-electron chi connectivity index (χ0n) is 14.3. The maximum absolute atomic E-state index is 13.5. The van der Waals surface area contributed by atoms with Crippen LogP contribution in [0.1, 0.15) is 15.9 Å². The van der Waals surface area contributed by atoms with Gasteiger partial charge in [-0.3, -0.25) is 4.79 Å². The van der Waals surface area contributed by atoms with E-state index in [9.17, 15) is 13.6 Å². The molecule has 0 saturated heterocycles. The molecule has 0 fully saturated rings. The van der Waals surface area contributed by atoms with Crippen molar-refractivity contribution in [1.29, 1.82) is 0 Å². The molecular formula is C18H18F2N4O2. The number of nitrogens with one attached hydrogen (secondary N) is 3. The van der Waals surface area contributed by atoms with Crippen molar-refractivity contribution in [3.63, 3.8) is 0 Å². The van der Waals surface area contributed by atoms with Gasteiger partial charge in [0.1, 0.15) is 5.82 Å². The summed E-state index contributed by atoms with van der Waals surface area (Å²) in [4.78, 5) is 19.5. The molecule has 3 rings (SSSR count). The van der Waals surface area contributed by atoms with Crippen LogP contribution in [-0.2, 0) is 4.74 Å². The number of carbonyl (C=O) groups excluding carboxylic acids is 1. The number of halogens is 2. The number of aryl methyl sites for hydroxylation is 1. The number of hydrogen-bond acceptors (Lipinski definition) is 4. The highest BCUT2D eigenvalue weighted by atomic mass is 19.2. The minimum atomic E-state index is -0.975. The van der Waals surface area contributed by atoms with Crippen molar-refractivity contribution in [2.75, 3.05) is 30.9 Å². The van der Waals surface area contributed by atoms with Crippen LogP contribution < -0.4 is 10.6 Å². The van der Waals surface area contributed by atoms with Crippen molar-refractivity contribution in [2.45, 2.75) is 6.92 Å². The first-order valence-electron chi connectivity index (χ1n) is 7.96. The number of pyridine rings is 1. The van der Waals surface area contributed by atoms with Crippen LogP contribution in [0.2, 0.25) is 0 Å². The van der Waals surface area contributed by atoms with Crippen molar-refractivity contribution in [2.24, 2.45) is 0 Å². The Morgan fingerprint density at radius 1 is 1.27 bits per heavy atom. The van der Waals surface area contributed by atoms with Gasteiger partial charge in [0, 0.05) is 37.5 Å². The Balaban J connectivity index is 1.78. The van der Waals surface area contributed by atoms with Gasteiger partial charge in [0.2, 0.25) is 0 Å². The second kappa shape index (κ2) is 7.49. The van der Waals surface area contributed by atoms with Crippen molar-refractivity contribution in [1.82, 2.24) is 9.97 Å². The van der Waals surface area contributed by atoms with Crippen LogP contribution in [0.3, 0.4) is 0 Å². The first-order chi connectivity index (χ1) is 12.5. The zero-order valence-corrected chi connectivity index (χ0v) is 14.3. The van der Waals surface area contributed by atoms with Crippen LogP contribution in [0.5, 0.6) is 0 Å². The van der Waals surface area contributed by atoms with Gasteiger partial charge in [-0.25, -0.2) is 13.8 Å². The molecule has 0 bridgehead atoms. The summed E-state index contributed by atoms with van der Waals surface area (Å²) in [6.45, 7) is 2.98. The molecule has 8 heteroatoms. The van der Waals surface area contributed by atoms with E-state index in [1.807, 2.05) is 6.92 Å². The van der Waals surface area contributed by atoms with E-state index in [0.717, 1.165) is 17.7 Å². The molecule has 1 aromatic carbocycles. The molecule has 3 aromatic rings. The van der Waals surface area contributed by atoms with Crippen molar-refractivity contribution >= 4 is 28.3 Å². The molecule has 0 radical (unpaired) electrons. The Morgan fingerprint density at radius 2 is 2.04 bits per heavy atom. The smallest absolute Gasteiger partial charge is 0.257 e. The van der Waals surface area contributed by atoms with Crippen LogP contribution in [0, 0.1) is 18.6 Å². The molecule has 0 aliphatic carbocycles. The highest BCUT2D eigenvalue weighted by molar-refractivity contribution is 6.09. The molecule has 26 heavy (non-hydrogen) atoms. The lowest BCUT2D eigenvalue weighted by molar-refractivity contribution is 0.102. The highest BCUT2D eigenvalue weighted by Crippen LogP contribution is 2.26. The number of nitrogens with zero attached hydrogens (tertiary/aromatic N) is 1. The van der Waals surface area contributed by atoms with Crippen LogP contribution >= 0.6 is 0 Å². The number of aromatic nitrogens is 2. The SMILES string of the molecule is COCCNc1ncc(C(=O)Nc2c[nH]c3cc(F)c(F)cc23)cc1C. The maximum atomic E-state index is 13.5. The van der Waals surface area contributed by atoms with Crippen LogP contribution in [0.15, 0.2) is 30.6 Å². The number of anilines is 2. The zero-order chi connectivity index (χ0) is 18.7. The van der Waals surface area contributed by atoms with E-state index in [0.29, 0.717) is 41.1 Å². The number of H-pyrrole nitrogens is 1. The van der Waals surface area contributed by atoms with E-state index in [2.05, 4.69) is 20.6 Å². The molecular weight excluding hydrogens is 342 g/mol. The number of hydrogen-bond donors (Lipinski definition) is 3. The summed E-state index contributed by atoms with van der Waals surface area (Å²) >= 11 is 0. The fourth-order valence-electron chi connectivity index (χ4n) is 2.57. The summed E-state index contributed by atoms with van der Waals surface area (Å²) in [5.41, 5.74) is 1.92. The Bertz CT molecular complexity index is 956. The first-order valence-corrected chi connectivity index (χ1v) is 7.96. The molecule has 2 heterocycles. The highest BCUT2D eigenvalue weighted by Gasteiger charge is 2.14. The van der Waals surface area contributed by atoms with Crippen LogP contribution in [0.25, 0.3) is 10.9 Å². The molecule has 1 amide bonds. The van der Waals surface area contributed by atoms with Gasteiger partial charge in [-0.05, 0) is 24.6 Å². The van der Waals surface area contributed by atoms with Gasteiger partial charge in [0.05, 0.1) is 23.4 Å². The quantitative estimate of drug-likeness (QED) is 0.588. The summed E-state index contributed by atoms with van der Waals surface area (Å²) in [5, 5.41) is 6.19. The number of methoxy groups -OCH3 is 1. The van der Waals surface area contributed by atoms with Gasteiger partial charge in [-0.2, -0.15) is 0 Å². The number of fused-ring (bicyclic) bond motifs is 1. The van der Waals surface area contributed by atoms with Gasteiger partial charge in [0.15, 0.2) is 11.6 Å². The average molecular weight is 360 g/mol. The largest absolute Gasteiger partial charge is 0.383 e. The lowest BCUT2D eigenvalue weighted by atomic mass is 10.2. The van der Waals surface area contributed by atoms with Gasteiger partial charge in [-0.15, -0.1) is 0 Å². The van der Waals surface area contributed by atoms with Crippen molar-refractivity contribution in [3.05, 3.63) is 53.4 Å². The Kier molecular flexibility index (Phi) is 5.13. The molecule has 0 saturated carbocycles. The predicted octanol–water partition coefficient (Wildman–Crippen LogP) is 3.46. The lowest BCUT2D eigenvalue weighted by Crippen LogP contribution is -2.14.